The van der Waals surface area contributed by atoms with E-state index in [9.17, 15) is 19.8 Å². The van der Waals surface area contributed by atoms with Crippen LogP contribution in [0.15, 0.2) is 48.0 Å². The molecule has 1 amide bonds. The van der Waals surface area contributed by atoms with E-state index in [1.165, 1.54) is 18.1 Å². The van der Waals surface area contributed by atoms with Gasteiger partial charge in [0.1, 0.15) is 5.76 Å². The molecule has 0 radical (unpaired) electrons. The predicted octanol–water partition coefficient (Wildman–Crippen LogP) is 3.51. The molecule has 2 aromatic carbocycles. The van der Waals surface area contributed by atoms with E-state index in [4.69, 9.17) is 21.1 Å². The fourth-order valence-electron chi connectivity index (χ4n) is 3.46. The Balaban J connectivity index is 2.15. The number of rotatable bonds is 7. The summed E-state index contributed by atoms with van der Waals surface area (Å²) in [7, 11) is 2.96. The Hall–Kier alpha value is -3.03. The lowest BCUT2D eigenvalue weighted by Gasteiger charge is -2.25. The van der Waals surface area contributed by atoms with Crippen molar-refractivity contribution < 1.29 is 29.3 Å². The van der Waals surface area contributed by atoms with E-state index in [2.05, 4.69) is 0 Å². The summed E-state index contributed by atoms with van der Waals surface area (Å²) in [5, 5.41) is 21.3. The number of hydrogen-bond acceptors (Lipinski definition) is 6. The van der Waals surface area contributed by atoms with Gasteiger partial charge < -0.3 is 24.6 Å². The molecular weight excluding hydrogens is 410 g/mol. The fraction of sp³-hybridized carbons (Fsp3) is 0.273. The van der Waals surface area contributed by atoms with Crippen LogP contribution in [0.4, 0.5) is 0 Å². The largest absolute Gasteiger partial charge is 0.507 e. The highest BCUT2D eigenvalue weighted by atomic mass is 35.5. The number of carbonyl (C=O) groups excluding carboxylic acids is 2. The molecule has 0 aromatic heterocycles. The lowest BCUT2D eigenvalue weighted by molar-refractivity contribution is -0.140. The van der Waals surface area contributed by atoms with Gasteiger partial charge in [0.15, 0.2) is 11.5 Å². The Kier molecular flexibility index (Phi) is 6.64. The van der Waals surface area contributed by atoms with Crippen molar-refractivity contribution in [3.05, 3.63) is 64.2 Å². The van der Waals surface area contributed by atoms with Crippen LogP contribution in [0, 0.1) is 0 Å². The maximum absolute atomic E-state index is 12.9. The van der Waals surface area contributed by atoms with E-state index in [1.54, 1.807) is 43.5 Å². The molecule has 1 unspecified atom stereocenters. The van der Waals surface area contributed by atoms with E-state index in [1.807, 2.05) is 0 Å². The number of methoxy groups -OCH3 is 2. The van der Waals surface area contributed by atoms with Gasteiger partial charge >= 0.3 is 0 Å². The number of ketones is 1. The van der Waals surface area contributed by atoms with Crippen molar-refractivity contribution in [2.45, 2.75) is 12.5 Å². The van der Waals surface area contributed by atoms with Crippen LogP contribution in [-0.2, 0) is 14.3 Å². The van der Waals surface area contributed by atoms with Crippen molar-refractivity contribution in [3.8, 4) is 11.5 Å². The molecule has 0 bridgehead atoms. The SMILES string of the molecule is COCCCN1C(=O)C(=O)C(=C(O)c2ccc(Cl)cc2)C1c1ccc(O)c(OC)c1. The zero-order valence-electron chi connectivity index (χ0n) is 16.6. The maximum Gasteiger partial charge on any atom is 0.295 e. The molecular formula is C22H22ClNO6. The molecule has 7 nitrogen and oxygen atoms in total. The Morgan fingerprint density at radius 3 is 2.47 bits per heavy atom. The van der Waals surface area contributed by atoms with Crippen molar-refractivity contribution in [2.24, 2.45) is 0 Å². The topological polar surface area (TPSA) is 96.3 Å². The molecule has 1 saturated heterocycles. The lowest BCUT2D eigenvalue weighted by atomic mass is 9.95. The number of carbonyl (C=O) groups is 2. The van der Waals surface area contributed by atoms with Gasteiger partial charge in [-0.1, -0.05) is 17.7 Å². The van der Waals surface area contributed by atoms with Gasteiger partial charge in [-0.15, -0.1) is 0 Å². The molecule has 1 fully saturated rings. The van der Waals surface area contributed by atoms with Crippen LogP contribution in [0.3, 0.4) is 0 Å². The van der Waals surface area contributed by atoms with Crippen molar-refractivity contribution >= 4 is 29.1 Å². The van der Waals surface area contributed by atoms with Gasteiger partial charge in [0.05, 0.1) is 18.7 Å². The number of amides is 1. The minimum absolute atomic E-state index is 0.0347. The molecule has 0 aliphatic carbocycles. The quantitative estimate of drug-likeness (QED) is 0.301. The molecule has 1 aliphatic rings. The van der Waals surface area contributed by atoms with Gasteiger partial charge in [0.25, 0.3) is 11.7 Å². The zero-order valence-corrected chi connectivity index (χ0v) is 17.3. The third-order valence-electron chi connectivity index (χ3n) is 4.92. The summed E-state index contributed by atoms with van der Waals surface area (Å²) in [4.78, 5) is 27.1. The molecule has 3 rings (SSSR count). The monoisotopic (exact) mass is 431 g/mol. The minimum Gasteiger partial charge on any atom is -0.507 e. The summed E-state index contributed by atoms with van der Waals surface area (Å²) < 4.78 is 10.2. The molecule has 1 aliphatic heterocycles. The second-order valence-electron chi connectivity index (χ2n) is 6.78. The number of halogens is 1. The molecule has 2 N–H and O–H groups in total. The van der Waals surface area contributed by atoms with Gasteiger partial charge in [0.2, 0.25) is 0 Å². The van der Waals surface area contributed by atoms with Crippen molar-refractivity contribution in [2.75, 3.05) is 27.4 Å². The average molecular weight is 432 g/mol. The molecule has 2 aromatic rings. The van der Waals surface area contributed by atoms with Crippen molar-refractivity contribution in [1.82, 2.24) is 4.90 Å². The van der Waals surface area contributed by atoms with E-state index in [0.29, 0.717) is 29.2 Å². The Morgan fingerprint density at radius 2 is 1.83 bits per heavy atom. The van der Waals surface area contributed by atoms with Crippen LogP contribution in [0.5, 0.6) is 11.5 Å². The van der Waals surface area contributed by atoms with E-state index in [-0.39, 0.29) is 29.4 Å². The highest BCUT2D eigenvalue weighted by Gasteiger charge is 2.46. The molecule has 0 saturated carbocycles. The molecule has 30 heavy (non-hydrogen) atoms. The summed E-state index contributed by atoms with van der Waals surface area (Å²) >= 11 is 5.92. The number of aromatic hydroxyl groups is 1. The Morgan fingerprint density at radius 1 is 1.13 bits per heavy atom. The summed E-state index contributed by atoms with van der Waals surface area (Å²) in [6.07, 6.45) is 0.510. The zero-order chi connectivity index (χ0) is 21.8. The number of aliphatic hydroxyl groups is 1. The first-order chi connectivity index (χ1) is 14.4. The summed E-state index contributed by atoms with van der Waals surface area (Å²) in [6.45, 7) is 0.662. The van der Waals surface area contributed by atoms with E-state index < -0.39 is 17.7 Å². The number of phenolic OH excluding ortho intramolecular Hbond substituents is 1. The number of aliphatic hydroxyl groups excluding tert-OH is 1. The van der Waals surface area contributed by atoms with Crippen LogP contribution < -0.4 is 4.74 Å². The molecule has 0 spiro atoms. The highest BCUT2D eigenvalue weighted by molar-refractivity contribution is 6.46. The fourth-order valence-corrected chi connectivity index (χ4v) is 3.59. The number of benzene rings is 2. The Bertz CT molecular complexity index is 986. The first kappa shape index (κ1) is 21.7. The third kappa shape index (κ3) is 4.13. The normalized spacial score (nSPS) is 18.1. The number of phenols is 1. The van der Waals surface area contributed by atoms with Gasteiger partial charge in [-0.25, -0.2) is 0 Å². The molecule has 1 heterocycles. The number of Topliss-reactive ketones (excluding diaryl/α,β-unsaturated/α-hetero) is 1. The van der Waals surface area contributed by atoms with Crippen molar-refractivity contribution in [3.63, 3.8) is 0 Å². The van der Waals surface area contributed by atoms with Crippen LogP contribution >= 0.6 is 11.6 Å². The third-order valence-corrected chi connectivity index (χ3v) is 5.18. The first-order valence-corrected chi connectivity index (χ1v) is 9.67. The lowest BCUT2D eigenvalue weighted by Crippen LogP contribution is -2.31. The maximum atomic E-state index is 12.9. The summed E-state index contributed by atoms with van der Waals surface area (Å²) in [6, 6.07) is 10.0. The van der Waals surface area contributed by atoms with Gasteiger partial charge in [-0.2, -0.15) is 0 Å². The van der Waals surface area contributed by atoms with E-state index >= 15 is 0 Å². The van der Waals surface area contributed by atoms with Crippen LogP contribution in [-0.4, -0.2) is 54.2 Å². The standard InChI is InChI=1S/C22H22ClNO6/c1-29-11-3-10-24-19(14-6-9-16(25)17(12-14)30-2)18(21(27)22(24)28)20(26)13-4-7-15(23)8-5-13/h4-9,12,19,25-26H,3,10-11H2,1-2H3. The van der Waals surface area contributed by atoms with Crippen LogP contribution in [0.2, 0.25) is 5.02 Å². The summed E-state index contributed by atoms with van der Waals surface area (Å²) in [5.41, 5.74) is 0.856. The second-order valence-corrected chi connectivity index (χ2v) is 7.21. The first-order valence-electron chi connectivity index (χ1n) is 9.29. The number of ether oxygens (including phenoxy) is 2. The van der Waals surface area contributed by atoms with Gasteiger partial charge in [-0.3, -0.25) is 9.59 Å². The smallest absolute Gasteiger partial charge is 0.295 e. The van der Waals surface area contributed by atoms with Gasteiger partial charge in [-0.05, 0) is 48.4 Å². The number of hydrogen-bond donors (Lipinski definition) is 2. The van der Waals surface area contributed by atoms with Crippen LogP contribution in [0.1, 0.15) is 23.6 Å². The number of nitrogens with zero attached hydrogens (tertiary/aromatic N) is 1. The number of likely N-dealkylation sites (tertiary alicyclic amines) is 1. The summed E-state index contributed by atoms with van der Waals surface area (Å²) in [5.74, 6) is -1.66. The van der Waals surface area contributed by atoms with E-state index in [0.717, 1.165) is 0 Å². The average Bonchev–Trinajstić information content (AvgIpc) is 2.99. The van der Waals surface area contributed by atoms with Crippen molar-refractivity contribution in [1.29, 1.82) is 0 Å². The Labute approximate surface area is 179 Å². The second kappa shape index (κ2) is 9.19. The highest BCUT2D eigenvalue weighted by Crippen LogP contribution is 2.41. The van der Waals surface area contributed by atoms with Crippen LogP contribution in [0.25, 0.3) is 5.76 Å². The molecule has 1 atom stereocenters. The molecule has 8 heteroatoms. The molecule has 158 valence electrons. The van der Waals surface area contributed by atoms with Gasteiger partial charge in [0, 0.05) is 30.8 Å². The minimum atomic E-state index is -0.841. The predicted molar refractivity (Wildman–Crippen MR) is 112 cm³/mol.